The van der Waals surface area contributed by atoms with Gasteiger partial charge in [-0.2, -0.15) is 0 Å². The highest BCUT2D eigenvalue weighted by Gasteiger charge is 2.18. The Kier molecular flexibility index (Phi) is 6.11. The fourth-order valence-electron chi connectivity index (χ4n) is 2.90. The zero-order chi connectivity index (χ0) is 20.1. The van der Waals surface area contributed by atoms with Crippen LogP contribution in [0.2, 0.25) is 5.15 Å². The van der Waals surface area contributed by atoms with Crippen molar-refractivity contribution in [3.05, 3.63) is 81.2 Å². The lowest BCUT2D eigenvalue weighted by Gasteiger charge is -2.15. The molecule has 0 aliphatic rings. The quantitative estimate of drug-likeness (QED) is 0.636. The van der Waals surface area contributed by atoms with Crippen LogP contribution in [0.1, 0.15) is 11.1 Å². The summed E-state index contributed by atoms with van der Waals surface area (Å²) < 4.78 is 1.15. The van der Waals surface area contributed by atoms with Crippen molar-refractivity contribution in [1.29, 1.82) is 0 Å². The van der Waals surface area contributed by atoms with Crippen LogP contribution >= 0.6 is 11.6 Å². The minimum atomic E-state index is -1.13. The third-order valence-electron chi connectivity index (χ3n) is 4.29. The van der Waals surface area contributed by atoms with Gasteiger partial charge in [0.05, 0.1) is 5.69 Å². The highest BCUT2D eigenvalue weighted by atomic mass is 35.5. The molecule has 0 atom stereocenters. The number of aromatic nitrogens is 2. The Morgan fingerprint density at radius 1 is 1.14 bits per heavy atom. The van der Waals surface area contributed by atoms with Crippen LogP contribution in [-0.2, 0) is 17.8 Å². The van der Waals surface area contributed by atoms with E-state index in [2.05, 4.69) is 10.3 Å². The largest absolute Gasteiger partial charge is 0.480 e. The molecule has 1 aromatic heterocycles. The van der Waals surface area contributed by atoms with Gasteiger partial charge in [0.2, 0.25) is 0 Å². The zero-order valence-corrected chi connectivity index (χ0v) is 16.1. The third-order valence-corrected chi connectivity index (χ3v) is 4.55. The van der Waals surface area contributed by atoms with E-state index >= 15 is 0 Å². The number of hydrogen-bond donors (Lipinski definition) is 2. The lowest BCUT2D eigenvalue weighted by Crippen LogP contribution is -2.30. The van der Waals surface area contributed by atoms with Crippen molar-refractivity contribution in [1.82, 2.24) is 9.55 Å². The Hall–Kier alpha value is -3.12. The summed E-state index contributed by atoms with van der Waals surface area (Å²) in [6, 6.07) is 17.1. The van der Waals surface area contributed by atoms with Gasteiger partial charge in [0.25, 0.3) is 5.56 Å². The molecule has 0 saturated heterocycles. The SMILES string of the molecule is Cc1ccc(-c2c(Cl)nc(NCCc3ccccc3)c(=O)n2CC(=O)O)cc1. The Bertz CT molecular complexity index is 1030. The van der Waals surface area contributed by atoms with Crippen LogP contribution in [0.15, 0.2) is 59.4 Å². The Balaban J connectivity index is 1.94. The van der Waals surface area contributed by atoms with Crippen molar-refractivity contribution in [2.24, 2.45) is 0 Å². The first-order chi connectivity index (χ1) is 13.5. The van der Waals surface area contributed by atoms with E-state index < -0.39 is 18.1 Å². The number of carbonyl (C=O) groups is 1. The van der Waals surface area contributed by atoms with Crippen molar-refractivity contribution in [2.45, 2.75) is 19.9 Å². The van der Waals surface area contributed by atoms with E-state index in [9.17, 15) is 14.7 Å². The van der Waals surface area contributed by atoms with Crippen molar-refractivity contribution >= 4 is 23.4 Å². The smallest absolute Gasteiger partial charge is 0.323 e. The van der Waals surface area contributed by atoms with Crippen LogP contribution in [0, 0.1) is 6.92 Å². The summed E-state index contributed by atoms with van der Waals surface area (Å²) in [6.07, 6.45) is 0.693. The fraction of sp³-hybridized carbons (Fsp3) is 0.190. The summed E-state index contributed by atoms with van der Waals surface area (Å²) in [7, 11) is 0. The highest BCUT2D eigenvalue weighted by Crippen LogP contribution is 2.26. The van der Waals surface area contributed by atoms with E-state index in [0.717, 1.165) is 15.7 Å². The van der Waals surface area contributed by atoms with Gasteiger partial charge in [-0.15, -0.1) is 0 Å². The number of anilines is 1. The average molecular weight is 398 g/mol. The second-order valence-electron chi connectivity index (χ2n) is 6.41. The van der Waals surface area contributed by atoms with Gasteiger partial charge in [-0.25, -0.2) is 4.98 Å². The van der Waals surface area contributed by atoms with E-state index in [0.29, 0.717) is 24.2 Å². The van der Waals surface area contributed by atoms with Gasteiger partial charge in [-0.05, 0) is 18.9 Å². The third kappa shape index (κ3) is 4.58. The lowest BCUT2D eigenvalue weighted by molar-refractivity contribution is -0.137. The number of halogens is 1. The predicted octanol–water partition coefficient (Wildman–Crippen LogP) is 3.61. The topological polar surface area (TPSA) is 84.2 Å². The zero-order valence-electron chi connectivity index (χ0n) is 15.4. The van der Waals surface area contributed by atoms with Crippen molar-refractivity contribution < 1.29 is 9.90 Å². The van der Waals surface area contributed by atoms with Crippen LogP contribution in [0.3, 0.4) is 0 Å². The summed E-state index contributed by atoms with van der Waals surface area (Å²) in [5.74, 6) is -1.09. The van der Waals surface area contributed by atoms with Gasteiger partial charge in [-0.3, -0.25) is 14.2 Å². The van der Waals surface area contributed by atoms with Crippen molar-refractivity contribution in [3.63, 3.8) is 0 Å². The number of hydrogen-bond acceptors (Lipinski definition) is 4. The highest BCUT2D eigenvalue weighted by molar-refractivity contribution is 6.32. The summed E-state index contributed by atoms with van der Waals surface area (Å²) in [4.78, 5) is 28.4. The molecule has 6 nitrogen and oxygen atoms in total. The molecule has 3 aromatic rings. The lowest BCUT2D eigenvalue weighted by atomic mass is 10.1. The van der Waals surface area contributed by atoms with Crippen LogP contribution in [0.25, 0.3) is 11.3 Å². The monoisotopic (exact) mass is 397 g/mol. The van der Waals surface area contributed by atoms with Gasteiger partial charge < -0.3 is 10.4 Å². The van der Waals surface area contributed by atoms with Gasteiger partial charge >= 0.3 is 5.97 Å². The fourth-order valence-corrected chi connectivity index (χ4v) is 3.19. The maximum Gasteiger partial charge on any atom is 0.323 e. The van der Waals surface area contributed by atoms with E-state index in [4.69, 9.17) is 11.6 Å². The second-order valence-corrected chi connectivity index (χ2v) is 6.77. The first kappa shape index (κ1) is 19.6. The second kappa shape index (κ2) is 8.71. The number of nitrogens with zero attached hydrogens (tertiary/aromatic N) is 2. The van der Waals surface area contributed by atoms with E-state index in [-0.39, 0.29) is 11.0 Å². The number of carboxylic acids is 1. The first-order valence-electron chi connectivity index (χ1n) is 8.82. The Morgan fingerprint density at radius 2 is 1.82 bits per heavy atom. The summed E-state index contributed by atoms with van der Waals surface area (Å²) in [5, 5.41) is 12.3. The molecule has 0 bridgehead atoms. The van der Waals surface area contributed by atoms with E-state index in [1.807, 2.05) is 49.4 Å². The number of benzene rings is 2. The minimum Gasteiger partial charge on any atom is -0.480 e. The molecule has 2 aromatic carbocycles. The molecule has 28 heavy (non-hydrogen) atoms. The van der Waals surface area contributed by atoms with Crippen molar-refractivity contribution in [3.8, 4) is 11.3 Å². The number of carboxylic acid groups (broad SMARTS) is 1. The molecule has 0 radical (unpaired) electrons. The molecule has 0 aliphatic heterocycles. The molecule has 7 heteroatoms. The molecule has 0 spiro atoms. The normalized spacial score (nSPS) is 10.6. The van der Waals surface area contributed by atoms with Gasteiger partial charge in [0.15, 0.2) is 11.0 Å². The molecule has 2 N–H and O–H groups in total. The Labute approximate surface area is 167 Å². The van der Waals surface area contributed by atoms with Crippen LogP contribution in [0.5, 0.6) is 0 Å². The summed E-state index contributed by atoms with van der Waals surface area (Å²) >= 11 is 6.36. The Morgan fingerprint density at radius 3 is 2.46 bits per heavy atom. The molecule has 3 rings (SSSR count). The molecular weight excluding hydrogens is 378 g/mol. The molecule has 0 fully saturated rings. The maximum atomic E-state index is 12.9. The average Bonchev–Trinajstić information content (AvgIpc) is 2.67. The molecule has 144 valence electrons. The number of aliphatic carboxylic acids is 1. The molecule has 0 aliphatic carbocycles. The number of nitrogens with one attached hydrogen (secondary N) is 1. The van der Waals surface area contributed by atoms with Crippen LogP contribution in [-0.4, -0.2) is 27.2 Å². The molecule has 0 amide bonds. The minimum absolute atomic E-state index is 0.0399. The van der Waals surface area contributed by atoms with Gasteiger partial charge in [-0.1, -0.05) is 71.8 Å². The molecular formula is C21H20ClN3O3. The molecule has 0 unspecified atom stereocenters. The summed E-state index contributed by atoms with van der Waals surface area (Å²) in [6.45, 7) is 1.91. The standard InChI is InChI=1S/C21H20ClN3O3/c1-14-7-9-16(10-8-14)18-19(22)24-20(21(28)25(18)13-17(26)27)23-12-11-15-5-3-2-4-6-15/h2-10H,11-13H2,1H3,(H,23,24)(H,26,27). The van der Waals surface area contributed by atoms with E-state index in [1.165, 1.54) is 0 Å². The molecule has 1 heterocycles. The van der Waals surface area contributed by atoms with Crippen LogP contribution < -0.4 is 10.9 Å². The van der Waals surface area contributed by atoms with Gasteiger partial charge in [0.1, 0.15) is 6.54 Å². The molecule has 0 saturated carbocycles. The summed E-state index contributed by atoms with van der Waals surface area (Å²) in [5.41, 5.74) is 2.57. The number of rotatable bonds is 7. The number of aryl methyl sites for hydroxylation is 1. The first-order valence-corrected chi connectivity index (χ1v) is 9.20. The van der Waals surface area contributed by atoms with E-state index in [1.54, 1.807) is 12.1 Å². The maximum absolute atomic E-state index is 12.9. The van der Waals surface area contributed by atoms with Gasteiger partial charge in [0, 0.05) is 12.1 Å². The van der Waals surface area contributed by atoms with Crippen LogP contribution in [0.4, 0.5) is 5.82 Å². The van der Waals surface area contributed by atoms with Crippen molar-refractivity contribution in [2.75, 3.05) is 11.9 Å². The predicted molar refractivity (Wildman–Crippen MR) is 110 cm³/mol.